The minimum absolute atomic E-state index is 0.436. The van der Waals surface area contributed by atoms with Crippen molar-refractivity contribution in [3.05, 3.63) is 193 Å². The smallest absolute Gasteiger partial charge is 0.338 e. The Morgan fingerprint density at radius 2 is 0.596 bits per heavy atom. The lowest BCUT2D eigenvalue weighted by Crippen LogP contribution is -2.58. The van der Waals surface area contributed by atoms with Crippen molar-refractivity contribution in [2.24, 2.45) is 0 Å². The summed E-state index contributed by atoms with van der Waals surface area (Å²) in [5, 5.41) is 3.02. The van der Waals surface area contributed by atoms with E-state index >= 15 is 0 Å². The van der Waals surface area contributed by atoms with E-state index in [0.717, 1.165) is 21.2 Å². The molecular weight excluding hydrogens is 678 g/mol. The van der Waals surface area contributed by atoms with Crippen molar-refractivity contribution >= 4 is 49.0 Å². The highest BCUT2D eigenvalue weighted by Crippen LogP contribution is 2.57. The summed E-state index contributed by atoms with van der Waals surface area (Å²) in [6, 6.07) is 59.8. The average molecular weight is 723 g/mol. The van der Waals surface area contributed by atoms with E-state index in [1.165, 1.54) is 0 Å². The van der Waals surface area contributed by atoms with Crippen LogP contribution in [0.1, 0.15) is 48.4 Å². The van der Waals surface area contributed by atoms with Gasteiger partial charge in [-0.15, -0.1) is 0 Å². The molecule has 0 fully saturated rings. The Bertz CT molecular complexity index is 1790. The van der Waals surface area contributed by atoms with E-state index in [1.807, 2.05) is 60.7 Å². The maximum Gasteiger partial charge on any atom is 0.338 e. The molecule has 6 rings (SSSR count). The molecule has 4 nitrogen and oxygen atoms in total. The normalized spacial score (nSPS) is 13.0. The van der Waals surface area contributed by atoms with Crippen LogP contribution in [0.15, 0.2) is 182 Å². The second kappa shape index (κ2) is 16.6. The number of carbonyl (C=O) groups excluding carboxylic acids is 2. The van der Waals surface area contributed by atoms with Gasteiger partial charge in [-0.1, -0.05) is 185 Å². The predicted octanol–water partition coefficient (Wildman–Crippen LogP) is 9.26. The molecule has 0 aromatic heterocycles. The summed E-state index contributed by atoms with van der Waals surface area (Å²) in [5.41, 5.74) is 0.873. The van der Waals surface area contributed by atoms with Gasteiger partial charge in [-0.05, 0) is 61.3 Å². The standard InChI is InChI=1S/C46H44O4P2/c1-45(2,51(37-27-15-7-16-28-37)38-29-17-8-18-30-38)41(49-43(47)35-23-11-5-12-24-35)42(50-44(48)36-25-13-6-14-26-36)46(3,4)52(39-31-19-9-20-32-39)40-33-21-10-22-34-40/h5-34,41-42H,1-4H3/t41-,42?/m0/s1. The van der Waals surface area contributed by atoms with Crippen LogP contribution in [0, 0.1) is 0 Å². The zero-order valence-corrected chi connectivity index (χ0v) is 31.8. The van der Waals surface area contributed by atoms with Gasteiger partial charge in [0, 0.05) is 10.3 Å². The third kappa shape index (κ3) is 8.26. The van der Waals surface area contributed by atoms with Gasteiger partial charge in [-0.3, -0.25) is 0 Å². The first-order valence-electron chi connectivity index (χ1n) is 17.5. The highest BCUT2D eigenvalue weighted by atomic mass is 31.1. The highest BCUT2D eigenvalue weighted by molar-refractivity contribution is 7.75. The quantitative estimate of drug-likeness (QED) is 0.0882. The second-order valence-electron chi connectivity index (χ2n) is 13.7. The van der Waals surface area contributed by atoms with Gasteiger partial charge in [-0.25, -0.2) is 9.59 Å². The van der Waals surface area contributed by atoms with Crippen molar-refractivity contribution < 1.29 is 19.1 Å². The number of ether oxygens (including phenoxy) is 2. The van der Waals surface area contributed by atoms with E-state index in [4.69, 9.17) is 9.47 Å². The summed E-state index contributed by atoms with van der Waals surface area (Å²) in [4.78, 5) is 28.7. The summed E-state index contributed by atoms with van der Waals surface area (Å²) in [6.45, 7) is 8.64. The van der Waals surface area contributed by atoms with Crippen LogP contribution in [0.3, 0.4) is 0 Å². The van der Waals surface area contributed by atoms with Crippen LogP contribution in [-0.2, 0) is 9.47 Å². The van der Waals surface area contributed by atoms with Crippen LogP contribution >= 0.6 is 15.8 Å². The largest absolute Gasteiger partial charge is 0.454 e. The molecule has 0 saturated carbocycles. The zero-order valence-electron chi connectivity index (χ0n) is 30.0. The van der Waals surface area contributed by atoms with E-state index < -0.39 is 50.3 Å². The third-order valence-electron chi connectivity index (χ3n) is 9.36. The molecule has 0 amide bonds. The average Bonchev–Trinajstić information content (AvgIpc) is 3.18. The van der Waals surface area contributed by atoms with Crippen molar-refractivity contribution in [3.63, 3.8) is 0 Å². The Balaban J connectivity index is 1.60. The van der Waals surface area contributed by atoms with Gasteiger partial charge in [0.2, 0.25) is 0 Å². The molecule has 6 heteroatoms. The fourth-order valence-corrected chi connectivity index (χ4v) is 12.9. The molecule has 6 aromatic carbocycles. The van der Waals surface area contributed by atoms with Crippen LogP contribution < -0.4 is 21.2 Å². The number of benzene rings is 6. The minimum atomic E-state index is -1.18. The van der Waals surface area contributed by atoms with E-state index in [2.05, 4.69) is 125 Å². The summed E-state index contributed by atoms with van der Waals surface area (Å²) in [5.74, 6) is -0.926. The summed E-state index contributed by atoms with van der Waals surface area (Å²) in [6.07, 6.45) is -1.77. The summed E-state index contributed by atoms with van der Waals surface area (Å²) < 4.78 is 13.7. The van der Waals surface area contributed by atoms with Crippen molar-refractivity contribution in [2.75, 3.05) is 0 Å². The maximum absolute atomic E-state index is 14.3. The maximum atomic E-state index is 14.3. The SMILES string of the molecule is CC(C)(C(OC(=O)c1ccccc1)[C@H](OC(=O)c1ccccc1)C(C)(C)P(c1ccccc1)c1ccccc1)P(c1ccccc1)c1ccccc1. The van der Waals surface area contributed by atoms with Gasteiger partial charge in [0.05, 0.1) is 11.1 Å². The van der Waals surface area contributed by atoms with E-state index in [-0.39, 0.29) is 0 Å². The molecule has 52 heavy (non-hydrogen) atoms. The molecule has 6 aromatic rings. The Morgan fingerprint density at radius 3 is 0.827 bits per heavy atom. The zero-order chi connectivity index (χ0) is 36.6. The Labute approximate surface area is 310 Å². The summed E-state index contributed by atoms with van der Waals surface area (Å²) >= 11 is 0. The van der Waals surface area contributed by atoms with Crippen molar-refractivity contribution in [1.82, 2.24) is 0 Å². The monoisotopic (exact) mass is 722 g/mol. The first-order chi connectivity index (χ1) is 25.2. The number of esters is 2. The molecule has 0 N–H and O–H groups in total. The van der Waals surface area contributed by atoms with Gasteiger partial charge < -0.3 is 9.47 Å². The van der Waals surface area contributed by atoms with Gasteiger partial charge >= 0.3 is 11.9 Å². The molecule has 0 heterocycles. The fraction of sp³-hybridized carbons (Fsp3) is 0.174. The van der Waals surface area contributed by atoms with Crippen LogP contribution in [0.25, 0.3) is 0 Å². The first kappa shape index (κ1) is 36.9. The van der Waals surface area contributed by atoms with Crippen molar-refractivity contribution in [1.29, 1.82) is 0 Å². The molecule has 2 atom stereocenters. The molecule has 0 spiro atoms. The Hall–Kier alpha value is -4.88. The van der Waals surface area contributed by atoms with Gasteiger partial charge in [0.25, 0.3) is 0 Å². The van der Waals surface area contributed by atoms with Crippen molar-refractivity contribution in [3.8, 4) is 0 Å². The number of hydrogen-bond acceptors (Lipinski definition) is 4. The summed E-state index contributed by atoms with van der Waals surface area (Å²) in [7, 11) is -2.36. The van der Waals surface area contributed by atoms with E-state index in [0.29, 0.717) is 11.1 Å². The molecule has 0 aliphatic carbocycles. The highest BCUT2D eigenvalue weighted by Gasteiger charge is 2.54. The molecular formula is C46H44O4P2. The minimum Gasteiger partial charge on any atom is -0.454 e. The third-order valence-corrected chi connectivity index (χ3v) is 15.4. The lowest BCUT2D eigenvalue weighted by Gasteiger charge is -2.50. The Morgan fingerprint density at radius 1 is 0.385 bits per heavy atom. The van der Waals surface area contributed by atoms with Crippen LogP contribution in [0.2, 0.25) is 0 Å². The molecule has 0 aliphatic heterocycles. The van der Waals surface area contributed by atoms with Gasteiger partial charge in [0.15, 0.2) is 0 Å². The Kier molecular flexibility index (Phi) is 11.8. The molecule has 1 unspecified atom stereocenters. The lowest BCUT2D eigenvalue weighted by molar-refractivity contribution is -0.0557. The van der Waals surface area contributed by atoms with Crippen LogP contribution in [-0.4, -0.2) is 34.5 Å². The van der Waals surface area contributed by atoms with Crippen LogP contribution in [0.5, 0.6) is 0 Å². The van der Waals surface area contributed by atoms with Gasteiger partial charge in [-0.2, -0.15) is 0 Å². The molecule has 0 saturated heterocycles. The van der Waals surface area contributed by atoms with Crippen molar-refractivity contribution in [2.45, 2.75) is 50.2 Å². The topological polar surface area (TPSA) is 52.6 Å². The number of hydrogen-bond donors (Lipinski definition) is 0. The molecule has 262 valence electrons. The number of carbonyl (C=O) groups is 2. The fourth-order valence-electron chi connectivity index (χ4n) is 6.86. The number of rotatable bonds is 13. The molecule has 0 aliphatic rings. The first-order valence-corrected chi connectivity index (χ1v) is 20.2. The second-order valence-corrected chi connectivity index (χ2v) is 19.4. The van der Waals surface area contributed by atoms with E-state index in [1.54, 1.807) is 24.3 Å². The lowest BCUT2D eigenvalue weighted by atomic mass is 9.91. The molecule has 0 radical (unpaired) electrons. The molecule has 0 bridgehead atoms. The predicted molar refractivity (Wildman–Crippen MR) is 218 cm³/mol. The van der Waals surface area contributed by atoms with Crippen LogP contribution in [0.4, 0.5) is 0 Å². The van der Waals surface area contributed by atoms with E-state index in [9.17, 15) is 9.59 Å². The van der Waals surface area contributed by atoms with Gasteiger partial charge in [0.1, 0.15) is 12.2 Å².